The highest BCUT2D eigenvalue weighted by atomic mass is 16.5. The number of amides is 2. The minimum Gasteiger partial charge on any atom is -0.395 e. The summed E-state index contributed by atoms with van der Waals surface area (Å²) >= 11 is 0. The van der Waals surface area contributed by atoms with Gasteiger partial charge in [0, 0.05) is 26.3 Å². The highest BCUT2D eigenvalue weighted by molar-refractivity contribution is 5.73. The van der Waals surface area contributed by atoms with Crippen molar-refractivity contribution in [2.24, 2.45) is 5.92 Å². The number of nitrogens with one attached hydrogen (secondary N) is 2. The largest absolute Gasteiger partial charge is 0.395 e. The van der Waals surface area contributed by atoms with Crippen LogP contribution in [0.25, 0.3) is 0 Å². The van der Waals surface area contributed by atoms with Crippen LogP contribution in [0.5, 0.6) is 0 Å². The first-order valence-electron chi connectivity index (χ1n) is 5.03. The summed E-state index contributed by atoms with van der Waals surface area (Å²) in [7, 11) is 0. The van der Waals surface area contributed by atoms with Crippen LogP contribution in [0.4, 0.5) is 4.79 Å². The van der Waals surface area contributed by atoms with Gasteiger partial charge in [-0.2, -0.15) is 0 Å². The molecule has 0 spiro atoms. The third-order valence-electron chi connectivity index (χ3n) is 2.29. The maximum Gasteiger partial charge on any atom is 0.314 e. The molecule has 0 saturated carbocycles. The van der Waals surface area contributed by atoms with E-state index in [-0.39, 0.29) is 12.6 Å². The van der Waals surface area contributed by atoms with Crippen molar-refractivity contribution in [1.82, 2.24) is 10.6 Å². The molecule has 0 bridgehead atoms. The van der Waals surface area contributed by atoms with Gasteiger partial charge in [0.2, 0.25) is 0 Å². The Kier molecular flexibility index (Phi) is 5.32. The molecule has 0 radical (unpaired) electrons. The Morgan fingerprint density at radius 2 is 2.07 bits per heavy atom. The Labute approximate surface area is 83.8 Å². The van der Waals surface area contributed by atoms with Crippen LogP contribution in [0.1, 0.15) is 12.8 Å². The van der Waals surface area contributed by atoms with E-state index in [1.807, 2.05) is 0 Å². The van der Waals surface area contributed by atoms with E-state index < -0.39 is 0 Å². The fourth-order valence-electron chi connectivity index (χ4n) is 1.42. The molecule has 82 valence electrons. The molecule has 0 aromatic carbocycles. The van der Waals surface area contributed by atoms with Crippen LogP contribution in [0.2, 0.25) is 0 Å². The standard InChI is InChI=1S/C9H18N2O3/c12-4-3-10-9(13)11-7-8-1-5-14-6-2-8/h8,12H,1-7H2,(H2,10,11,13). The van der Waals surface area contributed by atoms with E-state index in [0.29, 0.717) is 19.0 Å². The predicted octanol–water partition coefficient (Wildman–Crippen LogP) is -0.296. The number of ether oxygens (including phenoxy) is 1. The summed E-state index contributed by atoms with van der Waals surface area (Å²) in [6.07, 6.45) is 2.03. The summed E-state index contributed by atoms with van der Waals surface area (Å²) in [4.78, 5) is 11.1. The predicted molar refractivity (Wildman–Crippen MR) is 52.0 cm³/mol. The Hall–Kier alpha value is -0.810. The van der Waals surface area contributed by atoms with Crippen LogP contribution in [0.3, 0.4) is 0 Å². The third-order valence-corrected chi connectivity index (χ3v) is 2.29. The van der Waals surface area contributed by atoms with Crippen LogP contribution in [0, 0.1) is 5.92 Å². The quantitative estimate of drug-likeness (QED) is 0.586. The SMILES string of the molecule is O=C(NCCO)NCC1CCOCC1. The lowest BCUT2D eigenvalue weighted by Gasteiger charge is -2.22. The number of aliphatic hydroxyl groups is 1. The molecule has 1 rings (SSSR count). The summed E-state index contributed by atoms with van der Waals surface area (Å²) in [5, 5.41) is 13.8. The van der Waals surface area contributed by atoms with Gasteiger partial charge in [0.15, 0.2) is 0 Å². The van der Waals surface area contributed by atoms with Crippen molar-refractivity contribution < 1.29 is 14.6 Å². The number of carbonyl (C=O) groups is 1. The van der Waals surface area contributed by atoms with E-state index in [9.17, 15) is 4.79 Å². The molecule has 3 N–H and O–H groups in total. The zero-order valence-electron chi connectivity index (χ0n) is 8.29. The van der Waals surface area contributed by atoms with Crippen molar-refractivity contribution in [3.05, 3.63) is 0 Å². The number of rotatable bonds is 4. The molecule has 1 heterocycles. The van der Waals surface area contributed by atoms with Crippen molar-refractivity contribution in [2.45, 2.75) is 12.8 Å². The zero-order valence-corrected chi connectivity index (χ0v) is 8.29. The smallest absolute Gasteiger partial charge is 0.314 e. The second-order valence-corrected chi connectivity index (χ2v) is 3.42. The van der Waals surface area contributed by atoms with E-state index in [1.165, 1.54) is 0 Å². The van der Waals surface area contributed by atoms with E-state index in [4.69, 9.17) is 9.84 Å². The molecule has 5 heteroatoms. The summed E-state index contributed by atoms with van der Waals surface area (Å²) in [6, 6.07) is -0.203. The van der Waals surface area contributed by atoms with E-state index >= 15 is 0 Å². The maximum atomic E-state index is 11.1. The van der Waals surface area contributed by atoms with E-state index in [0.717, 1.165) is 26.1 Å². The lowest BCUT2D eigenvalue weighted by atomic mass is 10.0. The first-order chi connectivity index (χ1) is 6.83. The Bertz CT molecular complexity index is 169. The van der Waals surface area contributed by atoms with Crippen LogP contribution in [-0.2, 0) is 4.74 Å². The molecule has 1 saturated heterocycles. The Morgan fingerprint density at radius 1 is 1.36 bits per heavy atom. The number of hydrogen-bond donors (Lipinski definition) is 3. The number of aliphatic hydroxyl groups excluding tert-OH is 1. The molecule has 0 aromatic heterocycles. The molecule has 1 aliphatic heterocycles. The fraction of sp³-hybridized carbons (Fsp3) is 0.889. The average molecular weight is 202 g/mol. The van der Waals surface area contributed by atoms with Gasteiger partial charge in [0.05, 0.1) is 6.61 Å². The van der Waals surface area contributed by atoms with Crippen molar-refractivity contribution >= 4 is 6.03 Å². The van der Waals surface area contributed by atoms with Crippen molar-refractivity contribution in [3.63, 3.8) is 0 Å². The van der Waals surface area contributed by atoms with Gasteiger partial charge in [0.25, 0.3) is 0 Å². The third kappa shape index (κ3) is 4.43. The van der Waals surface area contributed by atoms with E-state index in [1.54, 1.807) is 0 Å². The van der Waals surface area contributed by atoms with Gasteiger partial charge in [-0.15, -0.1) is 0 Å². The second-order valence-electron chi connectivity index (χ2n) is 3.42. The summed E-state index contributed by atoms with van der Waals surface area (Å²) in [6.45, 7) is 2.57. The normalized spacial score (nSPS) is 17.8. The minimum atomic E-state index is -0.203. The van der Waals surface area contributed by atoms with Gasteiger partial charge in [-0.1, -0.05) is 0 Å². The minimum absolute atomic E-state index is 0.0231. The lowest BCUT2D eigenvalue weighted by molar-refractivity contribution is 0.0669. The highest BCUT2D eigenvalue weighted by Crippen LogP contribution is 2.12. The Balaban J connectivity index is 2.03. The number of urea groups is 1. The summed E-state index contributed by atoms with van der Waals surface area (Å²) < 4.78 is 5.21. The van der Waals surface area contributed by atoms with Crippen molar-refractivity contribution in [3.8, 4) is 0 Å². The highest BCUT2D eigenvalue weighted by Gasteiger charge is 2.14. The van der Waals surface area contributed by atoms with Crippen LogP contribution < -0.4 is 10.6 Å². The Morgan fingerprint density at radius 3 is 2.71 bits per heavy atom. The lowest BCUT2D eigenvalue weighted by Crippen LogP contribution is -2.40. The molecule has 14 heavy (non-hydrogen) atoms. The van der Waals surface area contributed by atoms with Gasteiger partial charge >= 0.3 is 6.03 Å². The van der Waals surface area contributed by atoms with Gasteiger partial charge < -0.3 is 20.5 Å². The molecule has 0 aromatic rings. The number of hydrogen-bond acceptors (Lipinski definition) is 3. The van der Waals surface area contributed by atoms with Gasteiger partial charge in [-0.3, -0.25) is 0 Å². The topological polar surface area (TPSA) is 70.6 Å². The average Bonchev–Trinajstić information content (AvgIpc) is 2.25. The molecule has 5 nitrogen and oxygen atoms in total. The molecule has 1 fully saturated rings. The second kappa shape index (κ2) is 6.62. The first kappa shape index (κ1) is 11.3. The van der Waals surface area contributed by atoms with Gasteiger partial charge in [0.1, 0.15) is 0 Å². The van der Waals surface area contributed by atoms with Crippen LogP contribution in [-0.4, -0.2) is 44.0 Å². The molecule has 0 unspecified atom stereocenters. The molecule has 2 amide bonds. The fourth-order valence-corrected chi connectivity index (χ4v) is 1.42. The van der Waals surface area contributed by atoms with Crippen molar-refractivity contribution in [2.75, 3.05) is 32.9 Å². The number of carbonyl (C=O) groups excluding carboxylic acids is 1. The van der Waals surface area contributed by atoms with Crippen LogP contribution >= 0.6 is 0 Å². The zero-order chi connectivity index (χ0) is 10.2. The monoisotopic (exact) mass is 202 g/mol. The molecule has 0 aliphatic carbocycles. The van der Waals surface area contributed by atoms with Gasteiger partial charge in [-0.25, -0.2) is 4.79 Å². The first-order valence-corrected chi connectivity index (χ1v) is 5.03. The molecule has 0 atom stereocenters. The van der Waals surface area contributed by atoms with Gasteiger partial charge in [-0.05, 0) is 18.8 Å². The van der Waals surface area contributed by atoms with Crippen LogP contribution in [0.15, 0.2) is 0 Å². The summed E-state index contributed by atoms with van der Waals surface area (Å²) in [5.41, 5.74) is 0. The summed E-state index contributed by atoms with van der Waals surface area (Å²) in [5.74, 6) is 0.531. The van der Waals surface area contributed by atoms with E-state index in [2.05, 4.69) is 10.6 Å². The molecular weight excluding hydrogens is 184 g/mol. The maximum absolute atomic E-state index is 11.1. The molecule has 1 aliphatic rings. The van der Waals surface area contributed by atoms with Crippen molar-refractivity contribution in [1.29, 1.82) is 0 Å². The molecular formula is C9H18N2O3.